The zero-order valence-electron chi connectivity index (χ0n) is 16.1. The fraction of sp³-hybridized carbons (Fsp3) is 0.316. The van der Waals surface area contributed by atoms with Crippen molar-refractivity contribution in [2.24, 2.45) is 7.05 Å². The Morgan fingerprint density at radius 1 is 1.24 bits per heavy atom. The number of hydrogen-bond donors (Lipinski definition) is 1. The number of anilines is 1. The summed E-state index contributed by atoms with van der Waals surface area (Å²) in [7, 11) is 1.98. The van der Waals surface area contributed by atoms with E-state index in [1.54, 1.807) is 23.1 Å². The lowest BCUT2D eigenvalue weighted by Crippen LogP contribution is -2.37. The van der Waals surface area contributed by atoms with Gasteiger partial charge in [-0.15, -0.1) is 5.10 Å². The van der Waals surface area contributed by atoms with Crippen molar-refractivity contribution < 1.29 is 4.74 Å². The third-order valence-electron chi connectivity index (χ3n) is 5.30. The molecule has 0 bridgehead atoms. The summed E-state index contributed by atoms with van der Waals surface area (Å²) >= 11 is 0. The molecule has 4 aromatic heterocycles. The molecule has 4 aromatic rings. The zero-order valence-corrected chi connectivity index (χ0v) is 16.1. The summed E-state index contributed by atoms with van der Waals surface area (Å²) in [5, 5.41) is 12.2. The molecule has 1 aliphatic rings. The smallest absolute Gasteiger partial charge is 0.267 e. The Morgan fingerprint density at radius 2 is 2.14 bits per heavy atom. The van der Waals surface area contributed by atoms with Gasteiger partial charge in [0.2, 0.25) is 0 Å². The van der Waals surface area contributed by atoms with Gasteiger partial charge in [0, 0.05) is 31.2 Å². The van der Waals surface area contributed by atoms with E-state index in [1.165, 1.54) is 17.1 Å². The first-order valence-electron chi connectivity index (χ1n) is 9.33. The van der Waals surface area contributed by atoms with Crippen molar-refractivity contribution >= 4 is 16.9 Å². The highest BCUT2D eigenvalue weighted by molar-refractivity contribution is 5.87. The molecule has 0 saturated carbocycles. The van der Waals surface area contributed by atoms with Gasteiger partial charge in [0.15, 0.2) is 11.6 Å². The van der Waals surface area contributed by atoms with Gasteiger partial charge in [-0.1, -0.05) is 0 Å². The topological polar surface area (TPSA) is 105 Å². The SMILES string of the molecule is Cc1cc2ncnc(NC3COCC3n3nc(-n4cccn4)ccc3=O)c2n1C. The lowest BCUT2D eigenvalue weighted by atomic mass is 10.1. The number of hydrogen-bond acceptors (Lipinski definition) is 7. The summed E-state index contributed by atoms with van der Waals surface area (Å²) in [6, 6.07) is 6.55. The minimum atomic E-state index is -0.274. The summed E-state index contributed by atoms with van der Waals surface area (Å²) in [6.07, 6.45) is 4.99. The van der Waals surface area contributed by atoms with Gasteiger partial charge in [0.25, 0.3) is 5.56 Å². The molecule has 0 radical (unpaired) electrons. The molecule has 0 aromatic carbocycles. The van der Waals surface area contributed by atoms with E-state index in [4.69, 9.17) is 4.74 Å². The van der Waals surface area contributed by atoms with Gasteiger partial charge >= 0.3 is 0 Å². The van der Waals surface area contributed by atoms with Crippen LogP contribution in [0.5, 0.6) is 0 Å². The van der Waals surface area contributed by atoms with Crippen LogP contribution in [0.25, 0.3) is 16.9 Å². The Balaban J connectivity index is 1.51. The molecule has 29 heavy (non-hydrogen) atoms. The number of aryl methyl sites for hydroxylation is 2. The predicted molar refractivity (Wildman–Crippen MR) is 106 cm³/mol. The van der Waals surface area contributed by atoms with E-state index >= 15 is 0 Å². The number of fused-ring (bicyclic) bond motifs is 1. The van der Waals surface area contributed by atoms with Gasteiger partial charge in [0.1, 0.15) is 17.9 Å². The third kappa shape index (κ3) is 2.97. The lowest BCUT2D eigenvalue weighted by molar-refractivity contribution is 0.182. The van der Waals surface area contributed by atoms with Crippen LogP contribution in [0.15, 0.2) is 47.8 Å². The summed E-state index contributed by atoms with van der Waals surface area (Å²) in [4.78, 5) is 21.3. The lowest BCUT2D eigenvalue weighted by Gasteiger charge is -2.21. The van der Waals surface area contributed by atoms with Gasteiger partial charge in [0.05, 0.1) is 24.8 Å². The second-order valence-electron chi connectivity index (χ2n) is 7.08. The highest BCUT2D eigenvalue weighted by Crippen LogP contribution is 2.26. The highest BCUT2D eigenvalue weighted by Gasteiger charge is 2.32. The number of nitrogens with one attached hydrogen (secondary N) is 1. The summed E-state index contributed by atoms with van der Waals surface area (Å²) in [5.41, 5.74) is 2.69. The molecule has 1 aliphatic heterocycles. The first kappa shape index (κ1) is 17.6. The molecule has 1 N–H and O–H groups in total. The maximum absolute atomic E-state index is 12.6. The van der Waals surface area contributed by atoms with Crippen LogP contribution in [0.4, 0.5) is 5.82 Å². The zero-order chi connectivity index (χ0) is 20.0. The van der Waals surface area contributed by atoms with E-state index in [-0.39, 0.29) is 17.6 Å². The van der Waals surface area contributed by atoms with Gasteiger partial charge in [-0.25, -0.2) is 19.3 Å². The van der Waals surface area contributed by atoms with Crippen LogP contribution >= 0.6 is 0 Å². The third-order valence-corrected chi connectivity index (χ3v) is 5.30. The quantitative estimate of drug-likeness (QED) is 0.554. The highest BCUT2D eigenvalue weighted by atomic mass is 16.5. The number of nitrogens with zero attached hydrogens (tertiary/aromatic N) is 7. The molecule has 10 nitrogen and oxygen atoms in total. The van der Waals surface area contributed by atoms with Crippen LogP contribution in [0.2, 0.25) is 0 Å². The van der Waals surface area contributed by atoms with Crippen LogP contribution in [-0.2, 0) is 11.8 Å². The van der Waals surface area contributed by atoms with Crippen LogP contribution in [0, 0.1) is 6.92 Å². The number of ether oxygens (including phenoxy) is 1. The largest absolute Gasteiger partial charge is 0.377 e. The second kappa shape index (κ2) is 6.82. The van der Waals surface area contributed by atoms with Crippen LogP contribution in [-0.4, -0.2) is 53.4 Å². The van der Waals surface area contributed by atoms with E-state index in [0.717, 1.165) is 16.7 Å². The molecule has 2 atom stereocenters. The Labute approximate surface area is 165 Å². The van der Waals surface area contributed by atoms with Crippen molar-refractivity contribution in [3.63, 3.8) is 0 Å². The Kier molecular flexibility index (Phi) is 4.13. The van der Waals surface area contributed by atoms with E-state index < -0.39 is 0 Å². The van der Waals surface area contributed by atoms with Crippen LogP contribution in [0.3, 0.4) is 0 Å². The van der Waals surface area contributed by atoms with E-state index in [1.807, 2.05) is 30.7 Å². The van der Waals surface area contributed by atoms with Crippen molar-refractivity contribution in [1.29, 1.82) is 0 Å². The first-order valence-corrected chi connectivity index (χ1v) is 9.33. The summed E-state index contributed by atoms with van der Waals surface area (Å²) in [5.74, 6) is 1.28. The fourth-order valence-electron chi connectivity index (χ4n) is 3.68. The predicted octanol–water partition coefficient (Wildman–Crippen LogP) is 1.07. The molecule has 5 heterocycles. The summed E-state index contributed by atoms with van der Waals surface area (Å²) < 4.78 is 10.8. The van der Waals surface area contributed by atoms with Gasteiger partial charge in [-0.05, 0) is 25.1 Å². The molecule has 0 amide bonds. The van der Waals surface area contributed by atoms with E-state index in [2.05, 4.69) is 25.5 Å². The molecule has 1 fully saturated rings. The van der Waals surface area contributed by atoms with Crippen LogP contribution < -0.4 is 10.9 Å². The van der Waals surface area contributed by atoms with Crippen LogP contribution in [0.1, 0.15) is 11.7 Å². The van der Waals surface area contributed by atoms with Gasteiger partial charge in [-0.2, -0.15) is 5.10 Å². The molecular formula is C19H20N8O2. The second-order valence-corrected chi connectivity index (χ2v) is 7.08. The standard InChI is InChI=1S/C19H20N8O2/c1-12-8-13-18(25(12)2)19(21-11-20-13)23-14-9-29-10-15(14)27-17(28)5-4-16(24-27)26-7-3-6-22-26/h3-8,11,14-15H,9-10H2,1-2H3,(H,20,21,23). The fourth-order valence-corrected chi connectivity index (χ4v) is 3.68. The van der Waals surface area contributed by atoms with Crippen molar-refractivity contribution in [1.82, 2.24) is 34.1 Å². The molecule has 0 spiro atoms. The molecule has 1 saturated heterocycles. The number of rotatable bonds is 4. The Bertz CT molecular complexity index is 1230. The Hall–Kier alpha value is -3.53. The minimum absolute atomic E-state index is 0.165. The summed E-state index contributed by atoms with van der Waals surface area (Å²) in [6.45, 7) is 2.85. The molecule has 148 valence electrons. The van der Waals surface area contributed by atoms with Gasteiger partial charge in [-0.3, -0.25) is 4.79 Å². The molecule has 5 rings (SSSR count). The van der Waals surface area contributed by atoms with Crippen molar-refractivity contribution in [3.05, 3.63) is 59.0 Å². The number of aromatic nitrogens is 7. The molecular weight excluding hydrogens is 372 g/mol. The van der Waals surface area contributed by atoms with Crippen molar-refractivity contribution in [3.8, 4) is 5.82 Å². The monoisotopic (exact) mass is 392 g/mol. The van der Waals surface area contributed by atoms with E-state index in [0.29, 0.717) is 24.8 Å². The average Bonchev–Trinajstić information content (AvgIpc) is 3.45. The average molecular weight is 392 g/mol. The minimum Gasteiger partial charge on any atom is -0.377 e. The first-order chi connectivity index (χ1) is 14.1. The maximum atomic E-state index is 12.6. The van der Waals surface area contributed by atoms with E-state index in [9.17, 15) is 4.79 Å². The van der Waals surface area contributed by atoms with Crippen molar-refractivity contribution in [2.75, 3.05) is 18.5 Å². The Morgan fingerprint density at radius 3 is 2.97 bits per heavy atom. The van der Waals surface area contributed by atoms with Crippen molar-refractivity contribution in [2.45, 2.75) is 19.0 Å². The normalized spacial score (nSPS) is 19.1. The molecule has 0 aliphatic carbocycles. The molecule has 2 unspecified atom stereocenters. The maximum Gasteiger partial charge on any atom is 0.267 e. The molecule has 10 heteroatoms. The van der Waals surface area contributed by atoms with Gasteiger partial charge < -0.3 is 14.6 Å².